The van der Waals surface area contributed by atoms with Gasteiger partial charge in [-0.2, -0.15) is 4.98 Å². The third kappa shape index (κ3) is 3.44. The number of halogens is 1. The average molecular weight is 472 g/mol. The maximum Gasteiger partial charge on any atom is 0.278 e. The van der Waals surface area contributed by atoms with E-state index < -0.39 is 12.1 Å². The summed E-state index contributed by atoms with van der Waals surface area (Å²) < 4.78 is 17.4. The first-order chi connectivity index (χ1) is 17.1. The maximum absolute atomic E-state index is 13.8. The summed E-state index contributed by atoms with van der Waals surface area (Å²) in [5.41, 5.74) is 5.04. The van der Waals surface area contributed by atoms with E-state index in [1.54, 1.807) is 17.1 Å². The molecule has 0 unspecified atom stereocenters. The van der Waals surface area contributed by atoms with E-state index in [0.717, 1.165) is 62.3 Å². The number of pyridine rings is 1. The largest absolute Gasteiger partial charge is 0.324 e. The van der Waals surface area contributed by atoms with Gasteiger partial charge in [-0.05, 0) is 74.0 Å². The van der Waals surface area contributed by atoms with Crippen molar-refractivity contribution in [1.82, 2.24) is 29.6 Å². The minimum Gasteiger partial charge on any atom is -0.324 e. The van der Waals surface area contributed by atoms with Crippen molar-refractivity contribution in [2.75, 3.05) is 18.5 Å². The van der Waals surface area contributed by atoms with Crippen molar-refractivity contribution >= 4 is 22.7 Å². The van der Waals surface area contributed by atoms with Gasteiger partial charge in [-0.15, -0.1) is 0 Å². The van der Waals surface area contributed by atoms with Crippen molar-refractivity contribution in [1.29, 1.82) is 0 Å². The summed E-state index contributed by atoms with van der Waals surface area (Å²) in [5, 5.41) is 7.19. The van der Waals surface area contributed by atoms with E-state index in [2.05, 4.69) is 32.7 Å². The number of aromatic nitrogens is 5. The molecule has 0 atom stereocenters. The molecule has 2 N–H and O–H groups in total. The SMILES string of the molecule is O=c1c2cnc(Nc3ccc4c(c3)CCNC4)nc2n(-c2ccnc(C3(CF)CC3)c2)n1C1CC1. The van der Waals surface area contributed by atoms with Gasteiger partial charge in [0.05, 0.1) is 17.4 Å². The molecule has 0 spiro atoms. The lowest BCUT2D eigenvalue weighted by atomic mass is 10.0. The maximum atomic E-state index is 13.8. The Hall–Kier alpha value is -3.59. The van der Waals surface area contributed by atoms with Gasteiger partial charge < -0.3 is 10.6 Å². The van der Waals surface area contributed by atoms with Crippen molar-refractivity contribution in [2.45, 2.75) is 50.1 Å². The molecule has 1 aromatic carbocycles. The van der Waals surface area contributed by atoms with E-state index in [1.165, 1.54) is 11.1 Å². The fourth-order valence-electron chi connectivity index (χ4n) is 5.09. The number of anilines is 2. The van der Waals surface area contributed by atoms with Gasteiger partial charge in [0.15, 0.2) is 5.65 Å². The number of alkyl halides is 1. The van der Waals surface area contributed by atoms with Crippen LogP contribution in [0.25, 0.3) is 16.7 Å². The molecule has 3 aliphatic rings. The molecule has 0 radical (unpaired) electrons. The Kier molecular flexibility index (Phi) is 4.57. The fourth-order valence-corrected chi connectivity index (χ4v) is 5.09. The van der Waals surface area contributed by atoms with E-state index in [0.29, 0.717) is 17.0 Å². The monoisotopic (exact) mass is 471 g/mol. The van der Waals surface area contributed by atoms with Gasteiger partial charge >= 0.3 is 0 Å². The second kappa shape index (κ2) is 7.71. The zero-order valence-electron chi connectivity index (χ0n) is 19.3. The summed E-state index contributed by atoms with van der Waals surface area (Å²) in [6.07, 6.45) is 7.80. The first-order valence-electron chi connectivity index (χ1n) is 12.3. The molecule has 2 aliphatic carbocycles. The van der Waals surface area contributed by atoms with Crippen LogP contribution in [0.1, 0.15) is 48.5 Å². The van der Waals surface area contributed by atoms with Crippen LogP contribution < -0.4 is 16.2 Å². The Morgan fingerprint density at radius 2 is 2.03 bits per heavy atom. The van der Waals surface area contributed by atoms with Crippen LogP contribution in [0.5, 0.6) is 0 Å². The summed E-state index contributed by atoms with van der Waals surface area (Å²) in [6, 6.07) is 10.2. The van der Waals surface area contributed by atoms with Crippen LogP contribution in [0.2, 0.25) is 0 Å². The highest BCUT2D eigenvalue weighted by Gasteiger charge is 2.46. The molecule has 2 saturated carbocycles. The van der Waals surface area contributed by atoms with Crippen LogP contribution in [0.15, 0.2) is 47.5 Å². The molecule has 35 heavy (non-hydrogen) atoms. The second-order valence-electron chi connectivity index (χ2n) is 9.97. The number of nitrogens with zero attached hydrogens (tertiary/aromatic N) is 5. The van der Waals surface area contributed by atoms with Gasteiger partial charge in [-0.25, -0.2) is 14.3 Å². The Balaban J connectivity index is 1.33. The van der Waals surface area contributed by atoms with E-state index in [-0.39, 0.29) is 11.6 Å². The van der Waals surface area contributed by atoms with E-state index in [4.69, 9.17) is 4.98 Å². The highest BCUT2D eigenvalue weighted by Crippen LogP contribution is 2.48. The number of hydrogen-bond acceptors (Lipinski definition) is 6. The molecule has 0 amide bonds. The number of benzene rings is 1. The lowest BCUT2D eigenvalue weighted by Crippen LogP contribution is -2.23. The Morgan fingerprint density at radius 3 is 2.83 bits per heavy atom. The second-order valence-corrected chi connectivity index (χ2v) is 9.97. The standard InChI is InChI=1S/C26H26FN7O/c27-15-26(7-8-26)22-12-20(6-10-29-22)33-23-21(24(35)34(33)19-3-4-19)14-30-25(32-23)31-18-2-1-17-13-28-9-5-16(17)11-18/h1-2,6,10-12,14,19,28H,3-5,7-9,13,15H2,(H,30,31,32). The highest BCUT2D eigenvalue weighted by atomic mass is 19.1. The van der Waals surface area contributed by atoms with Gasteiger partial charge in [0.1, 0.15) is 12.1 Å². The van der Waals surface area contributed by atoms with Crippen molar-refractivity contribution < 1.29 is 4.39 Å². The van der Waals surface area contributed by atoms with Gasteiger partial charge in [-0.1, -0.05) is 6.07 Å². The highest BCUT2D eigenvalue weighted by molar-refractivity contribution is 5.77. The molecule has 4 aromatic rings. The number of fused-ring (bicyclic) bond motifs is 2. The van der Waals surface area contributed by atoms with Gasteiger partial charge in [-0.3, -0.25) is 14.2 Å². The number of hydrogen-bond donors (Lipinski definition) is 2. The van der Waals surface area contributed by atoms with Crippen molar-refractivity contribution in [2.24, 2.45) is 0 Å². The van der Waals surface area contributed by atoms with Crippen LogP contribution in [-0.4, -0.2) is 37.5 Å². The summed E-state index contributed by atoms with van der Waals surface area (Å²) in [4.78, 5) is 27.1. The Labute approximate surface area is 201 Å². The molecule has 0 bridgehead atoms. The Morgan fingerprint density at radius 1 is 1.14 bits per heavy atom. The van der Waals surface area contributed by atoms with Crippen LogP contribution in [0.3, 0.4) is 0 Å². The van der Waals surface area contributed by atoms with Crippen LogP contribution in [0.4, 0.5) is 16.0 Å². The van der Waals surface area contributed by atoms with Crippen LogP contribution in [-0.2, 0) is 18.4 Å². The lowest BCUT2D eigenvalue weighted by molar-refractivity contribution is 0.412. The number of nitrogens with one attached hydrogen (secondary N) is 2. The topological polar surface area (TPSA) is 89.7 Å². The summed E-state index contributed by atoms with van der Waals surface area (Å²) in [6.45, 7) is 1.44. The predicted octanol–water partition coefficient (Wildman–Crippen LogP) is 3.70. The normalized spacial score (nSPS) is 18.4. The Bertz CT molecular complexity index is 1520. The quantitative estimate of drug-likeness (QED) is 0.446. The zero-order valence-corrected chi connectivity index (χ0v) is 19.3. The minimum absolute atomic E-state index is 0.0969. The smallest absolute Gasteiger partial charge is 0.278 e. The third-order valence-electron chi connectivity index (χ3n) is 7.51. The average Bonchev–Trinajstić information content (AvgIpc) is 3.82. The predicted molar refractivity (Wildman–Crippen MR) is 131 cm³/mol. The molecular formula is C26H26FN7O. The molecule has 2 fully saturated rings. The van der Waals surface area contributed by atoms with Crippen molar-refractivity contribution in [3.05, 3.63) is 69.9 Å². The third-order valence-corrected chi connectivity index (χ3v) is 7.51. The molecule has 7 rings (SSSR count). The van der Waals surface area contributed by atoms with E-state index in [1.807, 2.05) is 22.9 Å². The first-order valence-corrected chi connectivity index (χ1v) is 12.3. The molecule has 4 heterocycles. The van der Waals surface area contributed by atoms with Crippen LogP contribution in [0, 0.1) is 0 Å². The summed E-state index contributed by atoms with van der Waals surface area (Å²) in [7, 11) is 0. The first kappa shape index (κ1) is 20.8. The number of rotatable bonds is 6. The minimum atomic E-state index is -0.479. The molecular weight excluding hydrogens is 445 g/mol. The molecule has 178 valence electrons. The molecule has 8 nitrogen and oxygen atoms in total. The van der Waals surface area contributed by atoms with Gasteiger partial charge in [0.25, 0.3) is 5.56 Å². The molecule has 9 heteroatoms. The molecule has 0 saturated heterocycles. The van der Waals surface area contributed by atoms with Crippen molar-refractivity contribution in [3.8, 4) is 5.69 Å². The summed E-state index contributed by atoms with van der Waals surface area (Å²) in [5.74, 6) is 0.435. The van der Waals surface area contributed by atoms with Crippen molar-refractivity contribution in [3.63, 3.8) is 0 Å². The van der Waals surface area contributed by atoms with Gasteiger partial charge in [0, 0.05) is 30.0 Å². The fraction of sp³-hybridized carbons (Fsp3) is 0.385. The molecule has 1 aliphatic heterocycles. The molecule has 3 aromatic heterocycles. The lowest BCUT2D eigenvalue weighted by Gasteiger charge is -2.18. The summed E-state index contributed by atoms with van der Waals surface area (Å²) >= 11 is 0. The zero-order chi connectivity index (χ0) is 23.6. The van der Waals surface area contributed by atoms with E-state index in [9.17, 15) is 9.18 Å². The van der Waals surface area contributed by atoms with Gasteiger partial charge in [0.2, 0.25) is 5.95 Å². The van der Waals surface area contributed by atoms with Crippen LogP contribution >= 0.6 is 0 Å². The van der Waals surface area contributed by atoms with E-state index >= 15 is 0 Å².